The summed E-state index contributed by atoms with van der Waals surface area (Å²) < 4.78 is 0. The largest absolute Gasteiger partial charge is 0.345 e. The van der Waals surface area contributed by atoms with Crippen molar-refractivity contribution in [1.82, 2.24) is 0 Å². The summed E-state index contributed by atoms with van der Waals surface area (Å²) in [4.78, 5) is 2.31. The van der Waals surface area contributed by atoms with Crippen LogP contribution in [0.5, 0.6) is 0 Å². The lowest BCUT2D eigenvalue weighted by Gasteiger charge is -2.21. The lowest BCUT2D eigenvalue weighted by Crippen LogP contribution is -2.09. The Morgan fingerprint density at radius 2 is 0.914 bits per heavy atom. The van der Waals surface area contributed by atoms with Crippen molar-refractivity contribution in [3.63, 3.8) is 0 Å². The standard InChI is InChI=1S/C57H47N/c1-39-19-22-42(23-20-39)48-29-33-52-54(37-48)56(45-14-5-3-6-15-45)53-34-30-49(38-55(53)57(52)46-16-7-4-8-17-46)44-27-31-50(32-28-44)58(2)51-18-10-13-40(36-51)11-9-12-41-21-24-43-25-26-47(43)35-41/h3-8,10,13-24,27-38H,9,11-12,25-26H2,1-2H3. The van der Waals surface area contributed by atoms with Gasteiger partial charge in [0, 0.05) is 18.4 Å². The Balaban J connectivity index is 1.000. The van der Waals surface area contributed by atoms with Crippen LogP contribution in [0.3, 0.4) is 0 Å². The van der Waals surface area contributed by atoms with E-state index in [2.05, 4.69) is 207 Å². The maximum absolute atomic E-state index is 2.43. The van der Waals surface area contributed by atoms with Crippen molar-refractivity contribution in [2.75, 3.05) is 11.9 Å². The number of fused-ring (bicyclic) bond motifs is 3. The first-order valence-electron chi connectivity index (χ1n) is 20.8. The highest BCUT2D eigenvalue weighted by atomic mass is 15.1. The number of hydrogen-bond acceptors (Lipinski definition) is 1. The van der Waals surface area contributed by atoms with Gasteiger partial charge in [-0.1, -0.05) is 157 Å². The van der Waals surface area contributed by atoms with E-state index in [-0.39, 0.29) is 0 Å². The molecule has 1 aliphatic carbocycles. The van der Waals surface area contributed by atoms with Gasteiger partial charge in [0.2, 0.25) is 0 Å². The zero-order valence-electron chi connectivity index (χ0n) is 33.4. The van der Waals surface area contributed by atoms with Crippen LogP contribution in [0.2, 0.25) is 0 Å². The van der Waals surface area contributed by atoms with E-state index in [1.165, 1.54) is 107 Å². The quantitative estimate of drug-likeness (QED) is 0.126. The van der Waals surface area contributed by atoms with E-state index >= 15 is 0 Å². The number of aryl methyl sites for hydroxylation is 5. The molecule has 0 amide bonds. The second-order valence-electron chi connectivity index (χ2n) is 16.1. The van der Waals surface area contributed by atoms with Crippen LogP contribution in [0.25, 0.3) is 66.1 Å². The molecule has 0 spiro atoms. The fourth-order valence-electron chi connectivity index (χ4n) is 9.01. The molecule has 0 fully saturated rings. The van der Waals surface area contributed by atoms with Crippen molar-refractivity contribution >= 4 is 32.9 Å². The highest BCUT2D eigenvalue weighted by molar-refractivity contribution is 6.22. The summed E-state index contributed by atoms with van der Waals surface area (Å²) in [5.74, 6) is 0. The van der Waals surface area contributed by atoms with E-state index in [9.17, 15) is 0 Å². The maximum Gasteiger partial charge on any atom is 0.0410 e. The van der Waals surface area contributed by atoms with E-state index in [0.717, 1.165) is 19.3 Å². The average molecular weight is 746 g/mol. The lowest BCUT2D eigenvalue weighted by molar-refractivity contribution is 0.798. The van der Waals surface area contributed by atoms with Crippen molar-refractivity contribution in [1.29, 1.82) is 0 Å². The fraction of sp³-hybridized carbons (Fsp3) is 0.123. The van der Waals surface area contributed by atoms with Gasteiger partial charge in [-0.15, -0.1) is 0 Å². The topological polar surface area (TPSA) is 3.24 Å². The van der Waals surface area contributed by atoms with Crippen molar-refractivity contribution in [2.45, 2.75) is 39.0 Å². The van der Waals surface area contributed by atoms with Gasteiger partial charge in [-0.2, -0.15) is 0 Å². The Bertz CT molecular complexity index is 2910. The van der Waals surface area contributed by atoms with Gasteiger partial charge in [-0.25, -0.2) is 0 Å². The first kappa shape index (κ1) is 35.7. The van der Waals surface area contributed by atoms with E-state index in [4.69, 9.17) is 0 Å². The van der Waals surface area contributed by atoms with Crippen molar-refractivity contribution < 1.29 is 0 Å². The summed E-state index contributed by atoms with van der Waals surface area (Å²) in [6.45, 7) is 2.15. The molecule has 0 aromatic heterocycles. The predicted octanol–water partition coefficient (Wildman–Crippen LogP) is 15.0. The zero-order chi connectivity index (χ0) is 39.0. The van der Waals surface area contributed by atoms with E-state index in [0.29, 0.717) is 0 Å². The fourth-order valence-corrected chi connectivity index (χ4v) is 9.01. The highest BCUT2D eigenvalue weighted by Crippen LogP contribution is 2.46. The Labute approximate surface area is 342 Å². The molecule has 0 N–H and O–H groups in total. The second-order valence-corrected chi connectivity index (χ2v) is 16.1. The third-order valence-electron chi connectivity index (χ3n) is 12.4. The Hall–Kier alpha value is -6.70. The summed E-state index contributed by atoms with van der Waals surface area (Å²) in [5.41, 5.74) is 19.5. The van der Waals surface area contributed by atoms with Crippen LogP contribution in [0.1, 0.15) is 34.2 Å². The molecule has 9 aromatic rings. The molecule has 1 heteroatoms. The highest BCUT2D eigenvalue weighted by Gasteiger charge is 2.19. The van der Waals surface area contributed by atoms with E-state index < -0.39 is 0 Å². The molecular formula is C57H47N. The van der Waals surface area contributed by atoms with Gasteiger partial charge >= 0.3 is 0 Å². The van der Waals surface area contributed by atoms with Crippen LogP contribution < -0.4 is 4.90 Å². The normalized spacial score (nSPS) is 12.0. The molecular weight excluding hydrogens is 699 g/mol. The molecule has 0 aliphatic heterocycles. The van der Waals surface area contributed by atoms with Crippen LogP contribution in [0, 0.1) is 6.92 Å². The SMILES string of the molecule is Cc1ccc(-c2ccc3c(-c4ccccc4)c4cc(-c5ccc(N(C)c6cccc(CCCc7ccc8c(c7)CC8)c6)cc5)ccc4c(-c4ccccc4)c3c2)cc1. The molecule has 1 aliphatic rings. The number of benzene rings is 9. The van der Waals surface area contributed by atoms with Gasteiger partial charge in [0.1, 0.15) is 0 Å². The lowest BCUT2D eigenvalue weighted by atomic mass is 9.84. The maximum atomic E-state index is 2.43. The Morgan fingerprint density at radius 3 is 1.47 bits per heavy atom. The number of nitrogens with zero attached hydrogens (tertiary/aromatic N) is 1. The minimum absolute atomic E-state index is 1.08. The van der Waals surface area contributed by atoms with Crippen LogP contribution in [-0.4, -0.2) is 7.05 Å². The third-order valence-corrected chi connectivity index (χ3v) is 12.4. The first-order valence-corrected chi connectivity index (χ1v) is 20.8. The van der Waals surface area contributed by atoms with E-state index in [1.54, 1.807) is 11.1 Å². The van der Waals surface area contributed by atoms with Crippen molar-refractivity contribution in [3.05, 3.63) is 216 Å². The summed E-state index contributed by atoms with van der Waals surface area (Å²) in [6, 6.07) is 70.1. The molecule has 280 valence electrons. The molecule has 0 heterocycles. The van der Waals surface area contributed by atoms with Gasteiger partial charge in [0.05, 0.1) is 0 Å². The molecule has 0 bridgehead atoms. The third kappa shape index (κ3) is 6.88. The molecule has 10 rings (SSSR count). The minimum atomic E-state index is 1.08. The minimum Gasteiger partial charge on any atom is -0.345 e. The van der Waals surface area contributed by atoms with E-state index in [1.807, 2.05) is 0 Å². The Kier molecular flexibility index (Phi) is 9.44. The molecule has 1 nitrogen and oxygen atoms in total. The number of anilines is 2. The van der Waals surface area contributed by atoms with Crippen LogP contribution in [0.15, 0.2) is 188 Å². The molecule has 0 saturated carbocycles. The second kappa shape index (κ2) is 15.3. The van der Waals surface area contributed by atoms with Gasteiger partial charge in [-0.05, 0) is 164 Å². The van der Waals surface area contributed by atoms with Crippen LogP contribution >= 0.6 is 0 Å². The average Bonchev–Trinajstić information content (AvgIpc) is 3.27. The number of hydrogen-bond donors (Lipinski definition) is 0. The molecule has 0 atom stereocenters. The molecule has 0 unspecified atom stereocenters. The summed E-state index contributed by atoms with van der Waals surface area (Å²) in [5, 5.41) is 5.05. The predicted molar refractivity (Wildman–Crippen MR) is 248 cm³/mol. The molecule has 0 saturated heterocycles. The smallest absolute Gasteiger partial charge is 0.0410 e. The zero-order valence-corrected chi connectivity index (χ0v) is 33.4. The number of rotatable bonds is 10. The Morgan fingerprint density at radius 1 is 0.379 bits per heavy atom. The first-order chi connectivity index (χ1) is 28.6. The molecule has 0 radical (unpaired) electrons. The molecule has 58 heavy (non-hydrogen) atoms. The summed E-state index contributed by atoms with van der Waals surface area (Å²) in [7, 11) is 2.18. The van der Waals surface area contributed by atoms with Crippen molar-refractivity contribution in [3.8, 4) is 44.5 Å². The van der Waals surface area contributed by atoms with Crippen LogP contribution in [0.4, 0.5) is 11.4 Å². The monoisotopic (exact) mass is 745 g/mol. The molecule has 9 aromatic carbocycles. The van der Waals surface area contributed by atoms with Crippen molar-refractivity contribution in [2.24, 2.45) is 0 Å². The van der Waals surface area contributed by atoms with Gasteiger partial charge in [0.15, 0.2) is 0 Å². The van der Waals surface area contributed by atoms with Crippen LogP contribution in [-0.2, 0) is 25.7 Å². The van der Waals surface area contributed by atoms with Gasteiger partial charge in [0.25, 0.3) is 0 Å². The summed E-state index contributed by atoms with van der Waals surface area (Å²) in [6.07, 6.45) is 5.88. The van der Waals surface area contributed by atoms with Gasteiger partial charge in [-0.3, -0.25) is 0 Å². The summed E-state index contributed by atoms with van der Waals surface area (Å²) >= 11 is 0. The van der Waals surface area contributed by atoms with Gasteiger partial charge < -0.3 is 4.90 Å².